The van der Waals surface area contributed by atoms with Crippen LogP contribution >= 0.6 is 0 Å². The molecule has 6 nitrogen and oxygen atoms in total. The lowest BCUT2D eigenvalue weighted by molar-refractivity contribution is -0.217. The van der Waals surface area contributed by atoms with Gasteiger partial charge in [-0.2, -0.15) is 0 Å². The van der Waals surface area contributed by atoms with E-state index >= 15 is 0 Å². The summed E-state index contributed by atoms with van der Waals surface area (Å²) in [4.78, 5) is 11.5. The lowest BCUT2D eigenvalue weighted by atomic mass is 9.39. The molecule has 0 aromatic carbocycles. The summed E-state index contributed by atoms with van der Waals surface area (Å²) in [5.41, 5.74) is 4.16. The lowest BCUT2D eigenvalue weighted by Crippen LogP contribution is -2.63. The lowest BCUT2D eigenvalue weighted by Gasteiger charge is -2.66. The van der Waals surface area contributed by atoms with Gasteiger partial charge < -0.3 is 25.8 Å². The zero-order valence-electron chi connectivity index (χ0n) is 17.3. The zero-order chi connectivity index (χ0) is 20.4. The van der Waals surface area contributed by atoms with Crippen molar-refractivity contribution in [3.05, 3.63) is 0 Å². The van der Waals surface area contributed by atoms with Crippen molar-refractivity contribution in [3.63, 3.8) is 0 Å². The highest BCUT2D eigenvalue weighted by atomic mass is 16.5. The van der Waals surface area contributed by atoms with E-state index in [1.54, 1.807) is 0 Å². The van der Waals surface area contributed by atoms with E-state index < -0.39 is 23.1 Å². The Morgan fingerprint density at radius 2 is 1.89 bits per heavy atom. The quantitative estimate of drug-likeness (QED) is 0.538. The maximum Gasteiger partial charge on any atom is 0.319 e. The van der Waals surface area contributed by atoms with Crippen LogP contribution in [0.1, 0.15) is 65.2 Å². The predicted molar refractivity (Wildman–Crippen MR) is 104 cm³/mol. The molecule has 4 rings (SSSR count). The number of hydrogen-bond acceptors (Lipinski definition) is 6. The Morgan fingerprint density at radius 1 is 1.14 bits per heavy atom. The molecule has 4 aliphatic rings. The van der Waals surface area contributed by atoms with Crippen molar-refractivity contribution in [1.29, 1.82) is 0 Å². The second-order valence-electron chi connectivity index (χ2n) is 10.7. The first-order valence-corrected chi connectivity index (χ1v) is 11.0. The number of ether oxygens (including phenoxy) is 1. The van der Waals surface area contributed by atoms with Gasteiger partial charge in [0.25, 0.3) is 0 Å². The molecule has 28 heavy (non-hydrogen) atoms. The minimum Gasteiger partial charge on any atom is -0.462 e. The molecule has 0 aromatic rings. The van der Waals surface area contributed by atoms with Crippen LogP contribution in [-0.2, 0) is 9.53 Å². The Kier molecular flexibility index (Phi) is 4.89. The maximum atomic E-state index is 11.5. The van der Waals surface area contributed by atoms with Crippen molar-refractivity contribution in [2.45, 2.75) is 76.9 Å². The molecule has 5 N–H and O–H groups in total. The third-order valence-electron chi connectivity index (χ3n) is 9.92. The number of esters is 1. The highest BCUT2D eigenvalue weighted by Gasteiger charge is 2.70. The highest BCUT2D eigenvalue weighted by molar-refractivity contribution is 5.71. The average Bonchev–Trinajstić information content (AvgIpc) is 3.04. The standard InChI is InChI=1S/C22H37NO5/c1-19(12-24)16-4-3-14-9-15-10-21(14,20(16,2)6-5-17(19)25)7-8-22(15,27)13-28-18(26)11-23/h14-17,24-25,27H,3-13,23H2,1-2H3/t14-,15+,16-,17+,19-,20-,21-,22+/m0/s1. The summed E-state index contributed by atoms with van der Waals surface area (Å²) in [7, 11) is 0. The van der Waals surface area contributed by atoms with Crippen molar-refractivity contribution in [3.8, 4) is 0 Å². The Bertz CT molecular complexity index is 642. The number of fused-ring (bicyclic) bond motifs is 2. The van der Waals surface area contributed by atoms with Gasteiger partial charge in [-0.25, -0.2) is 0 Å². The monoisotopic (exact) mass is 395 g/mol. The van der Waals surface area contributed by atoms with Gasteiger partial charge in [0, 0.05) is 5.41 Å². The summed E-state index contributed by atoms with van der Waals surface area (Å²) in [6, 6.07) is 0. The number of nitrogens with two attached hydrogens (primary N) is 1. The number of hydrogen-bond donors (Lipinski definition) is 4. The molecule has 8 atom stereocenters. The smallest absolute Gasteiger partial charge is 0.319 e. The largest absolute Gasteiger partial charge is 0.462 e. The second-order valence-corrected chi connectivity index (χ2v) is 10.7. The molecule has 0 unspecified atom stereocenters. The Morgan fingerprint density at radius 3 is 2.57 bits per heavy atom. The van der Waals surface area contributed by atoms with Gasteiger partial charge >= 0.3 is 5.97 Å². The van der Waals surface area contributed by atoms with Crippen LogP contribution < -0.4 is 5.73 Å². The number of carbonyl (C=O) groups excluding carboxylic acids is 1. The Labute approximate surface area is 167 Å². The molecule has 160 valence electrons. The maximum absolute atomic E-state index is 11.5. The van der Waals surface area contributed by atoms with Crippen molar-refractivity contribution < 1.29 is 24.9 Å². The molecule has 0 amide bonds. The molecule has 0 saturated heterocycles. The van der Waals surface area contributed by atoms with Crippen LogP contribution in [0.4, 0.5) is 0 Å². The second kappa shape index (κ2) is 6.66. The van der Waals surface area contributed by atoms with Crippen LogP contribution in [0.15, 0.2) is 0 Å². The SMILES string of the molecule is C[C@@]1(CO)[C@H](O)CC[C@@]2(C)[C@H]1CC[C@H]1C[C@@H]3C[C@@]12CC[C@@]3(O)COC(=O)CN. The number of aliphatic hydroxyl groups excluding tert-OH is 2. The Balaban J connectivity index is 1.62. The molecule has 0 radical (unpaired) electrons. The minimum atomic E-state index is -0.951. The van der Waals surface area contributed by atoms with Gasteiger partial charge in [-0.05, 0) is 80.0 Å². The van der Waals surface area contributed by atoms with E-state index in [0.29, 0.717) is 18.3 Å². The van der Waals surface area contributed by atoms with Gasteiger partial charge in [0.05, 0.1) is 19.3 Å². The van der Waals surface area contributed by atoms with Crippen molar-refractivity contribution in [1.82, 2.24) is 0 Å². The Hall–Kier alpha value is -0.690. The molecule has 0 aliphatic heterocycles. The first-order chi connectivity index (χ1) is 13.1. The van der Waals surface area contributed by atoms with E-state index in [-0.39, 0.29) is 36.5 Å². The van der Waals surface area contributed by atoms with Crippen molar-refractivity contribution in [2.75, 3.05) is 19.8 Å². The van der Waals surface area contributed by atoms with Crippen LogP contribution in [0.25, 0.3) is 0 Å². The van der Waals surface area contributed by atoms with Crippen LogP contribution in [-0.4, -0.2) is 52.8 Å². The third kappa shape index (κ3) is 2.57. The number of rotatable bonds is 4. The zero-order valence-corrected chi connectivity index (χ0v) is 17.3. The molecule has 1 spiro atoms. The van der Waals surface area contributed by atoms with Gasteiger partial charge in [-0.1, -0.05) is 13.8 Å². The highest BCUT2D eigenvalue weighted by Crippen LogP contribution is 2.75. The molecular weight excluding hydrogens is 358 g/mol. The molecule has 0 aromatic heterocycles. The van der Waals surface area contributed by atoms with Gasteiger partial charge in [-0.15, -0.1) is 0 Å². The summed E-state index contributed by atoms with van der Waals surface area (Å²) >= 11 is 0. The summed E-state index contributed by atoms with van der Waals surface area (Å²) in [5.74, 6) is 0.539. The summed E-state index contributed by atoms with van der Waals surface area (Å²) in [5, 5.41) is 32.2. The molecule has 4 aliphatic carbocycles. The summed E-state index contributed by atoms with van der Waals surface area (Å²) in [6.45, 7) is 4.37. The van der Waals surface area contributed by atoms with Gasteiger partial charge in [0.2, 0.25) is 0 Å². The van der Waals surface area contributed by atoms with E-state index in [1.807, 2.05) is 0 Å². The number of carbonyl (C=O) groups is 1. The third-order valence-corrected chi connectivity index (χ3v) is 9.92. The van der Waals surface area contributed by atoms with E-state index in [4.69, 9.17) is 10.5 Å². The summed E-state index contributed by atoms with van der Waals surface area (Å²) < 4.78 is 5.25. The first-order valence-electron chi connectivity index (χ1n) is 11.0. The van der Waals surface area contributed by atoms with Gasteiger partial charge in [-0.3, -0.25) is 4.79 Å². The molecule has 0 heterocycles. The van der Waals surface area contributed by atoms with Gasteiger partial charge in [0.1, 0.15) is 12.2 Å². The molecule has 4 fully saturated rings. The molecular formula is C22H37NO5. The van der Waals surface area contributed by atoms with Crippen LogP contribution in [0.2, 0.25) is 0 Å². The fraction of sp³-hybridized carbons (Fsp3) is 0.955. The topological polar surface area (TPSA) is 113 Å². The average molecular weight is 396 g/mol. The molecule has 6 heteroatoms. The van der Waals surface area contributed by atoms with Crippen molar-refractivity contribution >= 4 is 5.97 Å². The normalized spacial score (nSPS) is 52.6. The van der Waals surface area contributed by atoms with Crippen LogP contribution in [0, 0.1) is 34.0 Å². The molecule has 4 saturated carbocycles. The van der Waals surface area contributed by atoms with Gasteiger partial charge in [0.15, 0.2) is 0 Å². The number of aliphatic hydroxyl groups is 3. The van der Waals surface area contributed by atoms with E-state index in [1.165, 1.54) is 0 Å². The molecule has 2 bridgehead atoms. The van der Waals surface area contributed by atoms with E-state index in [0.717, 1.165) is 44.9 Å². The predicted octanol–water partition coefficient (Wildman–Crippen LogP) is 1.60. The van der Waals surface area contributed by atoms with E-state index in [9.17, 15) is 20.1 Å². The fourth-order valence-corrected chi connectivity index (χ4v) is 8.18. The minimum absolute atomic E-state index is 0.0254. The van der Waals surface area contributed by atoms with Crippen LogP contribution in [0.5, 0.6) is 0 Å². The van der Waals surface area contributed by atoms with Crippen LogP contribution in [0.3, 0.4) is 0 Å². The first kappa shape index (κ1) is 20.6. The van der Waals surface area contributed by atoms with Crippen molar-refractivity contribution in [2.24, 2.45) is 39.7 Å². The van der Waals surface area contributed by atoms with E-state index in [2.05, 4.69) is 13.8 Å². The fourth-order valence-electron chi connectivity index (χ4n) is 8.18. The summed E-state index contributed by atoms with van der Waals surface area (Å²) in [6.07, 6.45) is 6.91.